The minimum Gasteiger partial charge on any atom is -0.272 e. The van der Waals surface area contributed by atoms with Crippen LogP contribution in [0.4, 0.5) is 0 Å². The zero-order valence-corrected chi connectivity index (χ0v) is 5.35. The molecular weight excluding hydrogens is 102 g/mol. The van der Waals surface area contributed by atoms with Gasteiger partial charge in [-0.3, -0.25) is 4.84 Å². The molecule has 46 valence electrons. The van der Waals surface area contributed by atoms with Crippen molar-refractivity contribution in [2.45, 2.75) is 26.0 Å². The minimum atomic E-state index is 0.166. The van der Waals surface area contributed by atoms with E-state index in [-0.39, 0.29) is 5.72 Å². The molecule has 0 bridgehead atoms. The third-order valence-electron chi connectivity index (χ3n) is 2.01. The van der Waals surface area contributed by atoms with Crippen LogP contribution in [0.3, 0.4) is 0 Å². The summed E-state index contributed by atoms with van der Waals surface area (Å²) in [6.07, 6.45) is 1.22. The van der Waals surface area contributed by atoms with Gasteiger partial charge in [0.1, 0.15) is 0 Å². The largest absolute Gasteiger partial charge is 0.272 e. The summed E-state index contributed by atoms with van der Waals surface area (Å²) in [4.78, 5) is 5.24. The van der Waals surface area contributed by atoms with Gasteiger partial charge in [0.25, 0.3) is 0 Å². The minimum absolute atomic E-state index is 0.166. The Morgan fingerprint density at radius 3 is 2.75 bits per heavy atom. The van der Waals surface area contributed by atoms with Crippen molar-refractivity contribution >= 4 is 0 Å². The predicted octanol–water partition coefficient (Wildman–Crippen LogP) is 0.990. The maximum absolute atomic E-state index is 5.24. The summed E-state index contributed by atoms with van der Waals surface area (Å²) in [5, 5.41) is 2.07. The van der Waals surface area contributed by atoms with E-state index in [4.69, 9.17) is 4.84 Å². The smallest absolute Gasteiger partial charge is 0.162 e. The summed E-state index contributed by atoms with van der Waals surface area (Å²) in [6.45, 7) is 5.55. The van der Waals surface area contributed by atoms with E-state index < -0.39 is 0 Å². The molecule has 0 aromatic heterocycles. The molecule has 1 unspecified atom stereocenters. The molecule has 3 atom stereocenters. The molecule has 2 fully saturated rings. The summed E-state index contributed by atoms with van der Waals surface area (Å²) in [5.41, 5.74) is 0.166. The molecule has 0 spiro atoms. The van der Waals surface area contributed by atoms with Crippen LogP contribution < -0.4 is 0 Å². The molecule has 0 radical (unpaired) electrons. The normalized spacial score (nSPS) is 60.8. The van der Waals surface area contributed by atoms with Crippen molar-refractivity contribution in [3.63, 3.8) is 0 Å². The standard InChI is InChI=1S/C6H11NO/c1-5-3-6(2)7(4-5)8-6/h5H,3-4H2,1-2H3/t5-,6-,7?/m0/s1. The van der Waals surface area contributed by atoms with Crippen LogP contribution in [-0.4, -0.2) is 17.3 Å². The highest BCUT2D eigenvalue weighted by Crippen LogP contribution is 2.46. The zero-order chi connectivity index (χ0) is 5.78. The lowest BCUT2D eigenvalue weighted by Crippen LogP contribution is -2.03. The quantitative estimate of drug-likeness (QED) is 0.435. The molecule has 2 saturated heterocycles. The molecule has 0 amide bonds. The fraction of sp³-hybridized carbons (Fsp3) is 1.00. The fourth-order valence-electron chi connectivity index (χ4n) is 1.58. The second-order valence-corrected chi connectivity index (χ2v) is 3.14. The van der Waals surface area contributed by atoms with Crippen LogP contribution >= 0.6 is 0 Å². The SMILES string of the molecule is C[C@@H]1CN2O[C@@]2(C)C1. The summed E-state index contributed by atoms with van der Waals surface area (Å²) < 4.78 is 0. The number of fused-ring (bicyclic) bond motifs is 1. The average Bonchev–Trinajstić information content (AvgIpc) is 2.07. The molecule has 8 heavy (non-hydrogen) atoms. The molecule has 2 heterocycles. The zero-order valence-electron chi connectivity index (χ0n) is 5.35. The van der Waals surface area contributed by atoms with Gasteiger partial charge in [-0.15, -0.1) is 0 Å². The Bertz CT molecular complexity index is 126. The molecule has 0 aliphatic carbocycles. The van der Waals surface area contributed by atoms with Gasteiger partial charge >= 0.3 is 0 Å². The Hall–Kier alpha value is -0.0800. The van der Waals surface area contributed by atoms with Gasteiger partial charge in [-0.2, -0.15) is 5.06 Å². The first-order chi connectivity index (χ1) is 3.71. The first-order valence-corrected chi connectivity index (χ1v) is 3.17. The lowest BCUT2D eigenvalue weighted by atomic mass is 10.1. The first-order valence-electron chi connectivity index (χ1n) is 3.17. The second kappa shape index (κ2) is 1.09. The maximum atomic E-state index is 5.24. The number of nitrogens with zero attached hydrogens (tertiary/aromatic N) is 1. The van der Waals surface area contributed by atoms with Crippen molar-refractivity contribution in [3.05, 3.63) is 0 Å². The second-order valence-electron chi connectivity index (χ2n) is 3.14. The van der Waals surface area contributed by atoms with Crippen LogP contribution in [0.15, 0.2) is 0 Å². The molecule has 2 nitrogen and oxygen atoms in total. The van der Waals surface area contributed by atoms with E-state index >= 15 is 0 Å². The molecule has 2 rings (SSSR count). The van der Waals surface area contributed by atoms with E-state index in [9.17, 15) is 0 Å². The number of hydrogen-bond donors (Lipinski definition) is 0. The average molecular weight is 113 g/mol. The highest BCUT2D eigenvalue weighted by molar-refractivity contribution is 4.91. The van der Waals surface area contributed by atoms with E-state index in [0.717, 1.165) is 12.5 Å². The summed E-state index contributed by atoms with van der Waals surface area (Å²) in [5.74, 6) is 0.841. The van der Waals surface area contributed by atoms with Gasteiger partial charge in [-0.1, -0.05) is 6.92 Å². The molecular formula is C6H11NO. The van der Waals surface area contributed by atoms with E-state index in [1.807, 2.05) is 0 Å². The van der Waals surface area contributed by atoms with Crippen molar-refractivity contribution in [1.82, 2.24) is 5.06 Å². The van der Waals surface area contributed by atoms with E-state index in [1.54, 1.807) is 0 Å². The monoisotopic (exact) mass is 113 g/mol. The van der Waals surface area contributed by atoms with Crippen LogP contribution in [0, 0.1) is 5.92 Å². The van der Waals surface area contributed by atoms with Gasteiger partial charge in [0.2, 0.25) is 0 Å². The molecule has 2 heteroatoms. The Morgan fingerprint density at radius 2 is 2.50 bits per heavy atom. The van der Waals surface area contributed by atoms with Crippen LogP contribution in [0.1, 0.15) is 20.3 Å². The van der Waals surface area contributed by atoms with Crippen molar-refractivity contribution in [3.8, 4) is 0 Å². The van der Waals surface area contributed by atoms with Gasteiger partial charge in [0, 0.05) is 6.54 Å². The van der Waals surface area contributed by atoms with E-state index in [1.165, 1.54) is 6.42 Å². The maximum Gasteiger partial charge on any atom is 0.162 e. The number of rotatable bonds is 0. The molecule has 0 aromatic carbocycles. The topological polar surface area (TPSA) is 15.5 Å². The summed E-state index contributed by atoms with van der Waals surface area (Å²) in [6, 6.07) is 0. The van der Waals surface area contributed by atoms with Crippen LogP contribution in [0.2, 0.25) is 0 Å². The lowest BCUT2D eigenvalue weighted by molar-refractivity contribution is 0.149. The molecule has 0 N–H and O–H groups in total. The fourth-order valence-corrected chi connectivity index (χ4v) is 1.58. The van der Waals surface area contributed by atoms with Crippen LogP contribution in [0.5, 0.6) is 0 Å². The molecule has 2 aliphatic heterocycles. The first kappa shape index (κ1) is 4.77. The van der Waals surface area contributed by atoms with Crippen LogP contribution in [-0.2, 0) is 4.84 Å². The summed E-state index contributed by atoms with van der Waals surface area (Å²) in [7, 11) is 0. The Balaban J connectivity index is 2.10. The van der Waals surface area contributed by atoms with Crippen molar-refractivity contribution in [2.75, 3.05) is 6.54 Å². The van der Waals surface area contributed by atoms with Crippen molar-refractivity contribution in [1.29, 1.82) is 0 Å². The number of hydroxylamine groups is 2. The van der Waals surface area contributed by atoms with E-state index in [2.05, 4.69) is 18.9 Å². The van der Waals surface area contributed by atoms with Gasteiger partial charge in [0.05, 0.1) is 0 Å². The molecule has 0 saturated carbocycles. The Kier molecular flexibility index (Phi) is 0.649. The Morgan fingerprint density at radius 1 is 1.75 bits per heavy atom. The number of hydrogen-bond acceptors (Lipinski definition) is 2. The van der Waals surface area contributed by atoms with Gasteiger partial charge in [-0.25, -0.2) is 0 Å². The molecule has 0 aromatic rings. The lowest BCUT2D eigenvalue weighted by Gasteiger charge is -2.00. The highest BCUT2D eigenvalue weighted by atomic mass is 16.9. The predicted molar refractivity (Wildman–Crippen MR) is 30.0 cm³/mol. The highest BCUT2D eigenvalue weighted by Gasteiger charge is 2.56. The summed E-state index contributed by atoms with van der Waals surface area (Å²) >= 11 is 0. The van der Waals surface area contributed by atoms with Gasteiger partial charge < -0.3 is 0 Å². The van der Waals surface area contributed by atoms with Gasteiger partial charge in [0.15, 0.2) is 5.72 Å². The molecule has 2 aliphatic rings. The van der Waals surface area contributed by atoms with Crippen LogP contribution in [0.25, 0.3) is 0 Å². The van der Waals surface area contributed by atoms with Gasteiger partial charge in [-0.05, 0) is 19.3 Å². The third-order valence-corrected chi connectivity index (χ3v) is 2.01. The van der Waals surface area contributed by atoms with Crippen molar-refractivity contribution in [2.24, 2.45) is 5.92 Å². The third kappa shape index (κ3) is 0.446. The Labute approximate surface area is 49.4 Å². The van der Waals surface area contributed by atoms with Crippen molar-refractivity contribution < 1.29 is 4.84 Å². The van der Waals surface area contributed by atoms with E-state index in [0.29, 0.717) is 0 Å².